The predicted molar refractivity (Wildman–Crippen MR) is 53.5 cm³/mol. The number of hydrogen-bond acceptors (Lipinski definition) is 1. The Labute approximate surface area is 80.9 Å². The van der Waals surface area contributed by atoms with E-state index in [1.807, 2.05) is 0 Å². The molecule has 1 nitrogen and oxygen atoms in total. The molecular formula is C12H20O. The van der Waals surface area contributed by atoms with Crippen molar-refractivity contribution in [3.63, 3.8) is 0 Å². The van der Waals surface area contributed by atoms with Gasteiger partial charge in [0.15, 0.2) is 0 Å². The Kier molecular flexibility index (Phi) is 2.44. The SMILES string of the molecule is CC1CC1CC1(C=O)CCCCC1. The van der Waals surface area contributed by atoms with Crippen LogP contribution in [0.3, 0.4) is 0 Å². The van der Waals surface area contributed by atoms with Crippen molar-refractivity contribution >= 4 is 6.29 Å². The summed E-state index contributed by atoms with van der Waals surface area (Å²) in [4.78, 5) is 11.2. The molecule has 0 radical (unpaired) electrons. The van der Waals surface area contributed by atoms with E-state index in [0.29, 0.717) is 0 Å². The topological polar surface area (TPSA) is 17.1 Å². The molecule has 0 N–H and O–H groups in total. The molecule has 0 amide bonds. The van der Waals surface area contributed by atoms with Gasteiger partial charge in [-0.1, -0.05) is 26.2 Å². The van der Waals surface area contributed by atoms with Gasteiger partial charge in [-0.2, -0.15) is 0 Å². The molecule has 0 saturated heterocycles. The summed E-state index contributed by atoms with van der Waals surface area (Å²) in [7, 11) is 0. The normalized spacial score (nSPS) is 37.0. The molecule has 2 saturated carbocycles. The van der Waals surface area contributed by atoms with Crippen molar-refractivity contribution in [2.75, 3.05) is 0 Å². The van der Waals surface area contributed by atoms with Gasteiger partial charge in [-0.05, 0) is 37.5 Å². The molecule has 2 aliphatic carbocycles. The maximum atomic E-state index is 11.2. The average Bonchev–Trinajstić information content (AvgIpc) is 2.83. The van der Waals surface area contributed by atoms with Gasteiger partial charge in [0.1, 0.15) is 6.29 Å². The van der Waals surface area contributed by atoms with E-state index < -0.39 is 0 Å². The molecule has 2 atom stereocenters. The van der Waals surface area contributed by atoms with Crippen molar-refractivity contribution in [1.82, 2.24) is 0 Å². The van der Waals surface area contributed by atoms with Gasteiger partial charge in [-0.3, -0.25) is 0 Å². The quantitative estimate of drug-likeness (QED) is 0.610. The van der Waals surface area contributed by atoms with Crippen LogP contribution < -0.4 is 0 Å². The second-order valence-corrected chi connectivity index (χ2v) is 5.22. The minimum absolute atomic E-state index is 0.105. The summed E-state index contributed by atoms with van der Waals surface area (Å²) in [5.74, 6) is 1.78. The van der Waals surface area contributed by atoms with Crippen LogP contribution in [0, 0.1) is 17.3 Å². The molecular weight excluding hydrogens is 160 g/mol. The van der Waals surface area contributed by atoms with Gasteiger partial charge in [-0.25, -0.2) is 0 Å². The van der Waals surface area contributed by atoms with Crippen molar-refractivity contribution < 1.29 is 4.79 Å². The maximum absolute atomic E-state index is 11.2. The molecule has 1 heteroatoms. The van der Waals surface area contributed by atoms with Crippen molar-refractivity contribution in [1.29, 1.82) is 0 Å². The summed E-state index contributed by atoms with van der Waals surface area (Å²) in [6, 6.07) is 0. The van der Waals surface area contributed by atoms with Crippen LogP contribution in [0.15, 0.2) is 0 Å². The third-order valence-corrected chi connectivity index (χ3v) is 4.04. The van der Waals surface area contributed by atoms with Gasteiger partial charge in [0.05, 0.1) is 0 Å². The van der Waals surface area contributed by atoms with E-state index in [4.69, 9.17) is 0 Å². The molecule has 0 bridgehead atoms. The van der Waals surface area contributed by atoms with E-state index in [0.717, 1.165) is 11.8 Å². The predicted octanol–water partition coefficient (Wildman–Crippen LogP) is 3.18. The van der Waals surface area contributed by atoms with E-state index in [-0.39, 0.29) is 5.41 Å². The summed E-state index contributed by atoms with van der Waals surface area (Å²) in [6.07, 6.45) is 10.1. The lowest BCUT2D eigenvalue weighted by Crippen LogP contribution is -2.26. The van der Waals surface area contributed by atoms with Gasteiger partial charge < -0.3 is 4.79 Å². The first kappa shape index (κ1) is 9.23. The molecule has 2 aliphatic rings. The zero-order valence-corrected chi connectivity index (χ0v) is 8.59. The van der Waals surface area contributed by atoms with Gasteiger partial charge >= 0.3 is 0 Å². The second-order valence-electron chi connectivity index (χ2n) is 5.22. The number of aldehydes is 1. The zero-order chi connectivity index (χ0) is 9.31. The Morgan fingerprint density at radius 2 is 1.92 bits per heavy atom. The molecule has 13 heavy (non-hydrogen) atoms. The summed E-state index contributed by atoms with van der Waals surface area (Å²) < 4.78 is 0. The molecule has 0 aromatic carbocycles. The minimum Gasteiger partial charge on any atom is -0.303 e. The fourth-order valence-electron chi connectivity index (χ4n) is 2.83. The van der Waals surface area contributed by atoms with E-state index in [1.54, 1.807) is 0 Å². The third-order valence-electron chi connectivity index (χ3n) is 4.04. The fourth-order valence-corrected chi connectivity index (χ4v) is 2.83. The standard InChI is InChI=1S/C12H20O/c1-10-7-11(10)8-12(9-13)5-3-2-4-6-12/h9-11H,2-8H2,1H3. The molecule has 0 spiro atoms. The fraction of sp³-hybridized carbons (Fsp3) is 0.917. The van der Waals surface area contributed by atoms with Crippen LogP contribution >= 0.6 is 0 Å². The Hall–Kier alpha value is -0.330. The Morgan fingerprint density at radius 3 is 2.38 bits per heavy atom. The minimum atomic E-state index is 0.105. The zero-order valence-electron chi connectivity index (χ0n) is 8.59. The molecule has 0 aromatic rings. The largest absolute Gasteiger partial charge is 0.303 e. The summed E-state index contributed by atoms with van der Waals surface area (Å²) in [5.41, 5.74) is 0.105. The molecule has 0 aliphatic heterocycles. The molecule has 2 unspecified atom stereocenters. The highest BCUT2D eigenvalue weighted by atomic mass is 16.1. The van der Waals surface area contributed by atoms with E-state index >= 15 is 0 Å². The number of hydrogen-bond donors (Lipinski definition) is 0. The van der Waals surface area contributed by atoms with Crippen LogP contribution in [-0.2, 0) is 4.79 Å². The van der Waals surface area contributed by atoms with Gasteiger partial charge in [-0.15, -0.1) is 0 Å². The van der Waals surface area contributed by atoms with Gasteiger partial charge in [0, 0.05) is 5.41 Å². The Morgan fingerprint density at radius 1 is 1.31 bits per heavy atom. The number of carbonyl (C=O) groups excluding carboxylic acids is 1. The van der Waals surface area contributed by atoms with Crippen molar-refractivity contribution in [2.45, 2.75) is 51.9 Å². The van der Waals surface area contributed by atoms with Crippen molar-refractivity contribution in [2.24, 2.45) is 17.3 Å². The molecule has 74 valence electrons. The van der Waals surface area contributed by atoms with Crippen LogP contribution in [-0.4, -0.2) is 6.29 Å². The summed E-state index contributed by atoms with van der Waals surface area (Å²) >= 11 is 0. The Balaban J connectivity index is 1.93. The van der Waals surface area contributed by atoms with Crippen molar-refractivity contribution in [3.05, 3.63) is 0 Å². The second kappa shape index (κ2) is 3.43. The maximum Gasteiger partial charge on any atom is 0.126 e. The first-order valence-electron chi connectivity index (χ1n) is 5.72. The lowest BCUT2D eigenvalue weighted by molar-refractivity contribution is -0.118. The number of rotatable bonds is 3. The third kappa shape index (κ3) is 1.95. The van der Waals surface area contributed by atoms with E-state index in [2.05, 4.69) is 6.92 Å². The first-order valence-corrected chi connectivity index (χ1v) is 5.72. The van der Waals surface area contributed by atoms with E-state index in [9.17, 15) is 4.79 Å². The van der Waals surface area contributed by atoms with Gasteiger partial charge in [0.25, 0.3) is 0 Å². The smallest absolute Gasteiger partial charge is 0.126 e. The molecule has 2 rings (SSSR count). The van der Waals surface area contributed by atoms with Crippen LogP contribution in [0.1, 0.15) is 51.9 Å². The first-order chi connectivity index (χ1) is 6.26. The van der Waals surface area contributed by atoms with Crippen molar-refractivity contribution in [3.8, 4) is 0 Å². The average molecular weight is 180 g/mol. The van der Waals surface area contributed by atoms with Crippen LogP contribution in [0.5, 0.6) is 0 Å². The van der Waals surface area contributed by atoms with Crippen LogP contribution in [0.25, 0.3) is 0 Å². The van der Waals surface area contributed by atoms with Gasteiger partial charge in [0.2, 0.25) is 0 Å². The lowest BCUT2D eigenvalue weighted by Gasteiger charge is -2.32. The van der Waals surface area contributed by atoms with E-state index in [1.165, 1.54) is 51.2 Å². The lowest BCUT2D eigenvalue weighted by atomic mass is 9.72. The highest BCUT2D eigenvalue weighted by Crippen LogP contribution is 2.49. The highest BCUT2D eigenvalue weighted by molar-refractivity contribution is 5.59. The molecule has 0 heterocycles. The number of carbonyl (C=O) groups is 1. The molecule has 0 aromatic heterocycles. The summed E-state index contributed by atoms with van der Waals surface area (Å²) in [6.45, 7) is 2.31. The monoisotopic (exact) mass is 180 g/mol. The highest BCUT2D eigenvalue weighted by Gasteiger charge is 2.41. The van der Waals surface area contributed by atoms with Crippen LogP contribution in [0.2, 0.25) is 0 Å². The summed E-state index contributed by atoms with van der Waals surface area (Å²) in [5, 5.41) is 0. The van der Waals surface area contributed by atoms with Crippen LogP contribution in [0.4, 0.5) is 0 Å². The Bertz CT molecular complexity index is 191. The molecule has 2 fully saturated rings.